The van der Waals surface area contributed by atoms with Crippen molar-refractivity contribution >= 4 is 28.7 Å². The lowest BCUT2D eigenvalue weighted by molar-refractivity contribution is -0.120. The average molecular weight is 235 g/mol. The number of amides is 1. The van der Waals surface area contributed by atoms with E-state index in [2.05, 4.69) is 30.8 Å². The van der Waals surface area contributed by atoms with Crippen molar-refractivity contribution in [2.45, 2.75) is 6.42 Å². The van der Waals surface area contributed by atoms with E-state index < -0.39 is 0 Å². The number of hydrogen-bond acceptors (Lipinski definition) is 6. The number of carbonyl (C=O) groups is 1. The Morgan fingerprint density at radius 2 is 2.35 bits per heavy atom. The Hall–Kier alpha value is -2.38. The number of hydrogen-bond donors (Lipinski definition) is 4. The van der Waals surface area contributed by atoms with Crippen LogP contribution < -0.4 is 16.4 Å². The number of nitrogen functional groups attached to an aromatic ring is 1. The highest BCUT2D eigenvalue weighted by Crippen LogP contribution is 2.18. The summed E-state index contributed by atoms with van der Waals surface area (Å²) in [6.45, 7) is 0.469. The third-order valence-electron chi connectivity index (χ3n) is 2.25. The summed E-state index contributed by atoms with van der Waals surface area (Å²) in [6.07, 6.45) is 1.97. The van der Waals surface area contributed by atoms with E-state index in [1.54, 1.807) is 13.2 Å². The van der Waals surface area contributed by atoms with E-state index in [0.717, 1.165) is 5.39 Å². The fourth-order valence-corrected chi connectivity index (χ4v) is 1.41. The zero-order chi connectivity index (χ0) is 12.3. The highest BCUT2D eigenvalue weighted by molar-refractivity contribution is 5.87. The van der Waals surface area contributed by atoms with Gasteiger partial charge >= 0.3 is 0 Å². The van der Waals surface area contributed by atoms with Crippen LogP contribution in [0.3, 0.4) is 0 Å². The zero-order valence-electron chi connectivity index (χ0n) is 9.32. The van der Waals surface area contributed by atoms with Crippen LogP contribution in [-0.2, 0) is 4.79 Å². The molecule has 0 bridgehead atoms. The Labute approximate surface area is 97.0 Å². The molecule has 0 spiro atoms. The molecule has 0 radical (unpaired) electrons. The molecular weight excluding hydrogens is 222 g/mol. The van der Waals surface area contributed by atoms with Crippen LogP contribution in [0.2, 0.25) is 0 Å². The SMILES string of the molecule is CNC(=O)CCNc1nc(N)nc2[nH]ncc12. The van der Waals surface area contributed by atoms with Gasteiger partial charge < -0.3 is 16.4 Å². The molecule has 0 unspecified atom stereocenters. The fourth-order valence-electron chi connectivity index (χ4n) is 1.41. The molecule has 0 saturated heterocycles. The molecule has 90 valence electrons. The van der Waals surface area contributed by atoms with Gasteiger partial charge in [0.05, 0.1) is 11.6 Å². The predicted octanol–water partition coefficient (Wildman–Crippen LogP) is -0.517. The second-order valence-electron chi connectivity index (χ2n) is 3.41. The largest absolute Gasteiger partial charge is 0.369 e. The van der Waals surface area contributed by atoms with Crippen LogP contribution >= 0.6 is 0 Å². The summed E-state index contributed by atoms with van der Waals surface area (Å²) in [5.74, 6) is 0.692. The van der Waals surface area contributed by atoms with E-state index in [0.29, 0.717) is 24.4 Å². The van der Waals surface area contributed by atoms with Crippen molar-refractivity contribution < 1.29 is 4.79 Å². The third kappa shape index (κ3) is 2.41. The summed E-state index contributed by atoms with van der Waals surface area (Å²) >= 11 is 0. The molecule has 2 aromatic heterocycles. The van der Waals surface area contributed by atoms with Crippen molar-refractivity contribution in [3.63, 3.8) is 0 Å². The first-order valence-corrected chi connectivity index (χ1v) is 5.11. The van der Waals surface area contributed by atoms with E-state index in [-0.39, 0.29) is 11.9 Å². The molecule has 0 aliphatic heterocycles. The summed E-state index contributed by atoms with van der Waals surface area (Å²) in [6, 6.07) is 0. The molecule has 0 aromatic carbocycles. The molecule has 2 aromatic rings. The molecule has 0 atom stereocenters. The minimum absolute atomic E-state index is 0.0389. The maximum Gasteiger partial charge on any atom is 0.224 e. The van der Waals surface area contributed by atoms with E-state index in [9.17, 15) is 4.79 Å². The van der Waals surface area contributed by atoms with E-state index >= 15 is 0 Å². The van der Waals surface area contributed by atoms with Gasteiger partial charge in [-0.3, -0.25) is 9.89 Å². The lowest BCUT2D eigenvalue weighted by Gasteiger charge is -2.06. The van der Waals surface area contributed by atoms with Crippen molar-refractivity contribution in [2.24, 2.45) is 0 Å². The molecule has 0 fully saturated rings. The molecule has 5 N–H and O–H groups in total. The fraction of sp³-hybridized carbons (Fsp3) is 0.333. The summed E-state index contributed by atoms with van der Waals surface area (Å²) < 4.78 is 0. The van der Waals surface area contributed by atoms with Gasteiger partial charge in [-0.2, -0.15) is 15.1 Å². The maximum atomic E-state index is 11.1. The standard InChI is InChI=1S/C9H13N7O/c1-11-6(17)2-3-12-7-5-4-13-16-8(5)15-9(10)14-7/h4H,2-3H2,1H3,(H,11,17)(H4,10,12,13,14,15,16). The lowest BCUT2D eigenvalue weighted by Crippen LogP contribution is -2.21. The number of anilines is 2. The first-order valence-electron chi connectivity index (χ1n) is 5.11. The number of H-pyrrole nitrogens is 1. The number of aromatic amines is 1. The number of rotatable bonds is 4. The minimum Gasteiger partial charge on any atom is -0.369 e. The van der Waals surface area contributed by atoms with Gasteiger partial charge in [0.2, 0.25) is 11.9 Å². The van der Waals surface area contributed by atoms with Crippen molar-refractivity contribution in [2.75, 3.05) is 24.6 Å². The van der Waals surface area contributed by atoms with Gasteiger partial charge in [-0.25, -0.2) is 0 Å². The van der Waals surface area contributed by atoms with Gasteiger partial charge in [-0.1, -0.05) is 0 Å². The summed E-state index contributed by atoms with van der Waals surface area (Å²) in [4.78, 5) is 19.1. The predicted molar refractivity (Wildman–Crippen MR) is 63.3 cm³/mol. The van der Waals surface area contributed by atoms with Crippen LogP contribution in [0.25, 0.3) is 11.0 Å². The normalized spacial score (nSPS) is 10.4. The van der Waals surface area contributed by atoms with Crippen molar-refractivity contribution in [3.8, 4) is 0 Å². The molecule has 8 heteroatoms. The van der Waals surface area contributed by atoms with Crippen molar-refractivity contribution in [3.05, 3.63) is 6.20 Å². The van der Waals surface area contributed by atoms with Gasteiger partial charge in [0, 0.05) is 20.0 Å². The van der Waals surface area contributed by atoms with E-state index in [4.69, 9.17) is 5.73 Å². The molecule has 2 rings (SSSR count). The van der Waals surface area contributed by atoms with Crippen LogP contribution in [0.5, 0.6) is 0 Å². The molecule has 2 heterocycles. The van der Waals surface area contributed by atoms with Crippen LogP contribution in [-0.4, -0.2) is 39.7 Å². The topological polar surface area (TPSA) is 122 Å². The first-order chi connectivity index (χ1) is 8.20. The first kappa shape index (κ1) is 11.1. The number of fused-ring (bicyclic) bond motifs is 1. The Morgan fingerprint density at radius 1 is 1.53 bits per heavy atom. The smallest absolute Gasteiger partial charge is 0.224 e. The van der Waals surface area contributed by atoms with Crippen molar-refractivity contribution in [1.29, 1.82) is 0 Å². The minimum atomic E-state index is -0.0389. The van der Waals surface area contributed by atoms with Crippen LogP contribution in [0.15, 0.2) is 6.20 Å². The van der Waals surface area contributed by atoms with E-state index in [1.807, 2.05) is 0 Å². The van der Waals surface area contributed by atoms with Crippen molar-refractivity contribution in [1.82, 2.24) is 25.5 Å². The second kappa shape index (κ2) is 4.64. The average Bonchev–Trinajstić information content (AvgIpc) is 2.76. The van der Waals surface area contributed by atoms with Gasteiger partial charge in [0.25, 0.3) is 0 Å². The van der Waals surface area contributed by atoms with Crippen LogP contribution in [0.1, 0.15) is 6.42 Å². The van der Waals surface area contributed by atoms with Gasteiger partial charge in [0.15, 0.2) is 5.65 Å². The Balaban J connectivity index is 2.12. The van der Waals surface area contributed by atoms with Crippen LogP contribution in [0.4, 0.5) is 11.8 Å². The number of aromatic nitrogens is 4. The second-order valence-corrected chi connectivity index (χ2v) is 3.41. The summed E-state index contributed by atoms with van der Waals surface area (Å²) in [5, 5.41) is 12.9. The molecule has 1 amide bonds. The molecule has 17 heavy (non-hydrogen) atoms. The highest BCUT2D eigenvalue weighted by Gasteiger charge is 2.07. The molecule has 0 aliphatic carbocycles. The van der Waals surface area contributed by atoms with Gasteiger partial charge in [-0.05, 0) is 0 Å². The number of carbonyl (C=O) groups excluding carboxylic acids is 1. The molecule has 0 aliphatic rings. The van der Waals surface area contributed by atoms with E-state index in [1.165, 1.54) is 0 Å². The van der Waals surface area contributed by atoms with Gasteiger partial charge in [0.1, 0.15) is 5.82 Å². The quantitative estimate of drug-likeness (QED) is 0.566. The number of nitrogens with two attached hydrogens (primary N) is 1. The lowest BCUT2D eigenvalue weighted by atomic mass is 10.3. The Bertz CT molecular complexity index is 535. The number of nitrogens with one attached hydrogen (secondary N) is 3. The van der Waals surface area contributed by atoms with Crippen LogP contribution in [0, 0.1) is 0 Å². The maximum absolute atomic E-state index is 11.1. The monoisotopic (exact) mass is 235 g/mol. The third-order valence-corrected chi connectivity index (χ3v) is 2.25. The molecule has 8 nitrogen and oxygen atoms in total. The Kier molecular flexibility index (Phi) is 3.03. The van der Waals surface area contributed by atoms with Gasteiger partial charge in [-0.15, -0.1) is 0 Å². The number of nitrogens with zero attached hydrogens (tertiary/aromatic N) is 3. The molecule has 0 saturated carbocycles. The Morgan fingerprint density at radius 3 is 3.12 bits per heavy atom. The summed E-state index contributed by atoms with van der Waals surface area (Å²) in [5.41, 5.74) is 6.12. The molecular formula is C9H13N7O. The summed E-state index contributed by atoms with van der Waals surface area (Å²) in [7, 11) is 1.60. The highest BCUT2D eigenvalue weighted by atomic mass is 16.1. The zero-order valence-corrected chi connectivity index (χ0v) is 9.32.